The molecule has 0 spiro atoms. The number of hydrogen-bond donors (Lipinski definition) is 3. The number of carbonyl (C=O) groups is 5. The Kier molecular flexibility index (Phi) is 22.2. The number of nitrogens with zero attached hydrogens (tertiary/aromatic N) is 3. The number of fused-ring (bicyclic) bond motifs is 1. The van der Waals surface area contributed by atoms with E-state index >= 15 is 4.79 Å². The van der Waals surface area contributed by atoms with Crippen LogP contribution in [0.5, 0.6) is 0 Å². The van der Waals surface area contributed by atoms with Crippen molar-refractivity contribution in [3.05, 3.63) is 72.3 Å². The highest BCUT2D eigenvalue weighted by Crippen LogP contribution is 2.43. The largest absolute Gasteiger partial charge is 0.444 e. The molecule has 5 amide bonds. The molecule has 0 radical (unpaired) electrons. The molecule has 2 aromatic rings. The molecule has 3 N–H and O–H groups in total. The van der Waals surface area contributed by atoms with E-state index in [2.05, 4.69) is 66.0 Å². The average molecular weight is 1080 g/mol. The van der Waals surface area contributed by atoms with E-state index in [9.17, 15) is 19.2 Å². The Labute approximate surface area is 451 Å². The topological polar surface area (TPSA) is 214 Å². The number of aliphatic imine (C=N–C) groups is 1. The molecule has 20 heteroatoms. The zero-order chi connectivity index (χ0) is 56.0. The molecular weight excluding hydrogens is 993 g/mol. The van der Waals surface area contributed by atoms with E-state index in [1.165, 1.54) is 14.2 Å². The monoisotopic (exact) mass is 1080 g/mol. The maximum absolute atomic E-state index is 15.4. The van der Waals surface area contributed by atoms with Crippen molar-refractivity contribution < 1.29 is 61.6 Å². The zero-order valence-electron chi connectivity index (χ0n) is 47.4. The minimum absolute atomic E-state index is 0.00807. The van der Waals surface area contributed by atoms with Crippen LogP contribution in [0.1, 0.15) is 108 Å². The van der Waals surface area contributed by atoms with Gasteiger partial charge in [-0.15, -0.1) is 4.99 Å². The number of ether oxygens (including phenoxy) is 7. The van der Waals surface area contributed by atoms with Crippen molar-refractivity contribution >= 4 is 54.6 Å². The van der Waals surface area contributed by atoms with Gasteiger partial charge in [0.1, 0.15) is 36.9 Å². The Morgan fingerprint density at radius 3 is 1.88 bits per heavy atom. The highest BCUT2D eigenvalue weighted by Gasteiger charge is 2.54. The SMILES string of the molecule is COCO[C@H]1C[C@H]2C[C@@H](C(=O)NCCC3=CCN(/C(=N/C(=O)OC(C)(C)C)NC(=O)OC(C)(C)C)C3)N(C(=O)[C@@H](CC(C)C)NC(=O)[C@@H](CO[Si](c3ccccc3)(c3ccccc3)C(C)(C)C)OC)[C@H]2C[C@@H]1OCOC. The predicted molar refractivity (Wildman–Crippen MR) is 291 cm³/mol. The van der Waals surface area contributed by atoms with Crippen molar-refractivity contribution in [2.24, 2.45) is 16.8 Å². The first kappa shape index (κ1) is 61.6. The van der Waals surface area contributed by atoms with Gasteiger partial charge < -0.3 is 58.0 Å². The third-order valence-electron chi connectivity index (χ3n) is 13.6. The van der Waals surface area contributed by atoms with Gasteiger partial charge in [-0.2, -0.15) is 0 Å². The van der Waals surface area contributed by atoms with Crippen LogP contribution in [-0.2, 0) is 52.0 Å². The molecule has 422 valence electrons. The van der Waals surface area contributed by atoms with E-state index in [0.717, 1.165) is 15.9 Å². The number of hydrogen-bond acceptors (Lipinski definition) is 13. The van der Waals surface area contributed by atoms with Crippen molar-refractivity contribution in [2.45, 2.75) is 161 Å². The molecule has 0 unspecified atom stereocenters. The lowest BCUT2D eigenvalue weighted by molar-refractivity contribution is -0.181. The number of benzene rings is 2. The molecule has 0 bridgehead atoms. The van der Waals surface area contributed by atoms with E-state index in [0.29, 0.717) is 38.8 Å². The van der Waals surface area contributed by atoms with Crippen LogP contribution in [0.15, 0.2) is 77.3 Å². The molecule has 1 aliphatic carbocycles. The zero-order valence-corrected chi connectivity index (χ0v) is 48.4. The summed E-state index contributed by atoms with van der Waals surface area (Å²) in [7, 11) is 1.46. The lowest BCUT2D eigenvalue weighted by Gasteiger charge is -2.43. The maximum atomic E-state index is 15.4. The van der Waals surface area contributed by atoms with Crippen LogP contribution in [0.2, 0.25) is 5.04 Å². The van der Waals surface area contributed by atoms with Gasteiger partial charge in [-0.05, 0) is 101 Å². The third kappa shape index (κ3) is 16.9. The fourth-order valence-corrected chi connectivity index (χ4v) is 14.9. The first-order valence-corrected chi connectivity index (χ1v) is 28.3. The fraction of sp³-hybridized carbons (Fsp3) is 0.643. The Morgan fingerprint density at radius 2 is 1.36 bits per heavy atom. The number of guanidine groups is 1. The minimum atomic E-state index is -3.08. The summed E-state index contributed by atoms with van der Waals surface area (Å²) in [6.45, 7) is 21.5. The van der Waals surface area contributed by atoms with E-state index in [1.54, 1.807) is 58.5 Å². The number of nitrogens with one attached hydrogen (secondary N) is 3. The molecule has 1 saturated heterocycles. The van der Waals surface area contributed by atoms with Crippen molar-refractivity contribution in [3.8, 4) is 0 Å². The van der Waals surface area contributed by atoms with Crippen LogP contribution in [0, 0.1) is 11.8 Å². The van der Waals surface area contributed by atoms with Gasteiger partial charge in [0, 0.05) is 47.0 Å². The first-order valence-electron chi connectivity index (χ1n) is 26.4. The van der Waals surface area contributed by atoms with E-state index < -0.39 is 74.1 Å². The lowest BCUT2D eigenvalue weighted by atomic mass is 9.81. The summed E-state index contributed by atoms with van der Waals surface area (Å²) in [5.74, 6) is -1.45. The van der Waals surface area contributed by atoms with Crippen LogP contribution >= 0.6 is 0 Å². The fourth-order valence-electron chi connectivity index (χ4n) is 10.3. The Bertz CT molecular complexity index is 2260. The summed E-state index contributed by atoms with van der Waals surface area (Å²) in [5, 5.41) is 10.5. The van der Waals surface area contributed by atoms with E-state index in [4.69, 9.17) is 37.6 Å². The number of methoxy groups -OCH3 is 3. The van der Waals surface area contributed by atoms with Crippen LogP contribution in [0.3, 0.4) is 0 Å². The third-order valence-corrected chi connectivity index (χ3v) is 18.6. The van der Waals surface area contributed by atoms with Crippen LogP contribution in [0.4, 0.5) is 9.59 Å². The molecule has 19 nitrogen and oxygen atoms in total. The second-order valence-corrected chi connectivity index (χ2v) is 27.5. The summed E-state index contributed by atoms with van der Waals surface area (Å²) in [6, 6.07) is 17.9. The first-order chi connectivity index (χ1) is 35.8. The van der Waals surface area contributed by atoms with Gasteiger partial charge >= 0.3 is 12.2 Å². The molecule has 1 saturated carbocycles. The maximum Gasteiger partial charge on any atom is 0.437 e. The summed E-state index contributed by atoms with van der Waals surface area (Å²) < 4.78 is 46.8. The summed E-state index contributed by atoms with van der Waals surface area (Å²) in [5.41, 5.74) is -0.706. The van der Waals surface area contributed by atoms with Gasteiger partial charge in [0.05, 0.1) is 18.8 Å². The highest BCUT2D eigenvalue weighted by atomic mass is 28.4. The minimum Gasteiger partial charge on any atom is -0.444 e. The number of carbonyl (C=O) groups excluding carboxylic acids is 5. The summed E-state index contributed by atoms with van der Waals surface area (Å²) in [6.07, 6.45) is 0.195. The molecule has 0 aromatic heterocycles. The molecule has 2 aromatic carbocycles. The molecular formula is C56H86N6O13Si. The average Bonchev–Trinajstić information content (AvgIpc) is 3.97. The standard InChI is InChI=1S/C56H86N6O13Si/c1-37(2)29-42(58-49(64)47(70-14)34-73-76(56(9,10)11,40-21-17-15-18-22-40)41-23-19-16-20-24-41)50(65)62-43-32-46(72-36-69-13)45(71-35-68-12)31-39(43)30-44(62)48(63)57-27-25-38-26-28-61(33-38)51(59-52(66)74-54(3,4)5)60-53(67)75-55(6,7)8/h15-24,26,37,39,42-47H,25,27-36H2,1-14H3,(H,57,63)(H,58,64)(H,59,60,66,67)/t39-,42-,43+,44+,45+,46+,47-/m1/s1. The van der Waals surface area contributed by atoms with Gasteiger partial charge in [0.15, 0.2) is 6.10 Å². The Hall–Kier alpha value is -5.22. The van der Waals surface area contributed by atoms with E-state index in [-0.39, 0.29) is 67.8 Å². The van der Waals surface area contributed by atoms with Crippen LogP contribution in [0.25, 0.3) is 0 Å². The highest BCUT2D eigenvalue weighted by molar-refractivity contribution is 6.99. The van der Waals surface area contributed by atoms with Gasteiger partial charge in [-0.1, -0.05) is 107 Å². The van der Waals surface area contributed by atoms with Gasteiger partial charge in [0.2, 0.25) is 17.8 Å². The molecule has 2 fully saturated rings. The van der Waals surface area contributed by atoms with Gasteiger partial charge in [-0.25, -0.2) is 9.59 Å². The lowest BCUT2D eigenvalue weighted by Crippen LogP contribution is -2.67. The molecule has 7 atom stereocenters. The normalized spacial score (nSPS) is 21.1. The van der Waals surface area contributed by atoms with Crippen molar-refractivity contribution in [1.82, 2.24) is 25.8 Å². The number of amides is 5. The predicted octanol–water partition coefficient (Wildman–Crippen LogP) is 6.03. The van der Waals surface area contributed by atoms with E-state index in [1.807, 2.05) is 56.3 Å². The number of likely N-dealkylation sites (tertiary alicyclic amines) is 1. The molecule has 3 aliphatic rings. The molecule has 2 aliphatic heterocycles. The van der Waals surface area contributed by atoms with Gasteiger partial charge in [-0.3, -0.25) is 19.7 Å². The second kappa shape index (κ2) is 27.4. The van der Waals surface area contributed by atoms with Gasteiger partial charge in [0.25, 0.3) is 14.2 Å². The Balaban J connectivity index is 1.38. The summed E-state index contributed by atoms with van der Waals surface area (Å²) >= 11 is 0. The molecule has 2 heterocycles. The molecule has 5 rings (SSSR count). The number of alkyl carbamates (subject to hydrolysis) is 1. The van der Waals surface area contributed by atoms with Crippen molar-refractivity contribution in [2.75, 3.05) is 61.2 Å². The number of rotatable bonds is 21. The second-order valence-electron chi connectivity index (χ2n) is 23.2. The quantitative estimate of drug-likeness (QED) is 0.0428. The van der Waals surface area contributed by atoms with Crippen LogP contribution < -0.4 is 26.3 Å². The molecule has 76 heavy (non-hydrogen) atoms. The Morgan fingerprint density at radius 1 is 0.776 bits per heavy atom. The van der Waals surface area contributed by atoms with Crippen molar-refractivity contribution in [1.29, 1.82) is 0 Å². The smallest absolute Gasteiger partial charge is 0.437 e. The van der Waals surface area contributed by atoms with Crippen LogP contribution in [-0.4, -0.2) is 163 Å². The van der Waals surface area contributed by atoms with Crippen molar-refractivity contribution in [3.63, 3.8) is 0 Å². The summed E-state index contributed by atoms with van der Waals surface area (Å²) in [4.78, 5) is 77.9.